The number of nitrogens with zero attached hydrogens (tertiary/aromatic N) is 2. The van der Waals surface area contributed by atoms with E-state index in [1.54, 1.807) is 4.90 Å². The Morgan fingerprint density at radius 1 is 1.27 bits per heavy atom. The molecule has 5 nitrogen and oxygen atoms in total. The number of para-hydroxylation sites is 1. The Morgan fingerprint density at radius 3 is 2.82 bits per heavy atom. The number of fused-ring (bicyclic) bond motifs is 4. The van der Waals surface area contributed by atoms with Crippen molar-refractivity contribution >= 4 is 22.8 Å². The summed E-state index contributed by atoms with van der Waals surface area (Å²) in [6, 6.07) is 7.54. The van der Waals surface area contributed by atoms with Gasteiger partial charge < -0.3 is 9.88 Å². The van der Waals surface area contributed by atoms with Gasteiger partial charge in [-0.1, -0.05) is 25.1 Å². The highest BCUT2D eigenvalue weighted by Crippen LogP contribution is 2.40. The Morgan fingerprint density at radius 2 is 2.05 bits per heavy atom. The van der Waals surface area contributed by atoms with Gasteiger partial charge in [-0.05, 0) is 25.0 Å². The molecule has 0 saturated carbocycles. The lowest BCUT2D eigenvalue weighted by Crippen LogP contribution is -2.42. The SMILES string of the molecule is CCCN1C(=O)C2Cc3c([nH]c4ccccc34)C(C)N2C1=O. The zero-order valence-corrected chi connectivity index (χ0v) is 12.8. The van der Waals surface area contributed by atoms with Gasteiger partial charge in [0.2, 0.25) is 0 Å². The third kappa shape index (κ3) is 1.59. The third-order valence-corrected chi connectivity index (χ3v) is 4.87. The molecule has 1 N–H and O–H groups in total. The van der Waals surface area contributed by atoms with Crippen LogP contribution in [0.1, 0.15) is 37.6 Å². The van der Waals surface area contributed by atoms with E-state index in [4.69, 9.17) is 0 Å². The predicted octanol–water partition coefficient (Wildman–Crippen LogP) is 2.83. The van der Waals surface area contributed by atoms with Gasteiger partial charge in [-0.3, -0.25) is 9.69 Å². The summed E-state index contributed by atoms with van der Waals surface area (Å²) in [4.78, 5) is 31.8. The number of hydrogen-bond donors (Lipinski definition) is 1. The van der Waals surface area contributed by atoms with Crippen LogP contribution in [0, 0.1) is 0 Å². The second kappa shape index (κ2) is 4.60. The number of benzene rings is 1. The van der Waals surface area contributed by atoms with Crippen LogP contribution in [0.4, 0.5) is 4.79 Å². The van der Waals surface area contributed by atoms with Crippen molar-refractivity contribution in [3.63, 3.8) is 0 Å². The van der Waals surface area contributed by atoms with Crippen molar-refractivity contribution in [3.05, 3.63) is 35.5 Å². The zero-order valence-electron chi connectivity index (χ0n) is 12.8. The number of amides is 3. The molecule has 5 heteroatoms. The summed E-state index contributed by atoms with van der Waals surface area (Å²) >= 11 is 0. The van der Waals surface area contributed by atoms with Gasteiger partial charge in [-0.15, -0.1) is 0 Å². The van der Waals surface area contributed by atoms with Gasteiger partial charge in [0.1, 0.15) is 6.04 Å². The molecule has 0 bridgehead atoms. The van der Waals surface area contributed by atoms with Gasteiger partial charge >= 0.3 is 6.03 Å². The first-order chi connectivity index (χ1) is 10.6. The third-order valence-electron chi connectivity index (χ3n) is 4.87. The number of urea groups is 1. The van der Waals surface area contributed by atoms with Crippen LogP contribution in [0.2, 0.25) is 0 Å². The summed E-state index contributed by atoms with van der Waals surface area (Å²) in [6.07, 6.45) is 1.40. The number of carbonyl (C=O) groups is 2. The van der Waals surface area contributed by atoms with Gasteiger partial charge in [0, 0.05) is 29.6 Å². The monoisotopic (exact) mass is 297 g/mol. The van der Waals surface area contributed by atoms with E-state index in [9.17, 15) is 9.59 Å². The van der Waals surface area contributed by atoms with Gasteiger partial charge in [-0.2, -0.15) is 0 Å². The molecule has 1 saturated heterocycles. The number of carbonyl (C=O) groups excluding carboxylic acids is 2. The average Bonchev–Trinajstić information content (AvgIpc) is 3.00. The molecule has 2 aliphatic rings. The van der Waals surface area contributed by atoms with Crippen LogP contribution in [0.25, 0.3) is 10.9 Å². The van der Waals surface area contributed by atoms with E-state index in [2.05, 4.69) is 11.1 Å². The minimum Gasteiger partial charge on any atom is -0.356 e. The number of H-pyrrole nitrogens is 1. The van der Waals surface area contributed by atoms with Crippen LogP contribution >= 0.6 is 0 Å². The molecule has 3 amide bonds. The second-order valence-corrected chi connectivity index (χ2v) is 6.14. The van der Waals surface area contributed by atoms with Gasteiger partial charge in [-0.25, -0.2) is 4.79 Å². The molecule has 1 aromatic carbocycles. The highest BCUT2D eigenvalue weighted by Gasteiger charge is 2.50. The van der Waals surface area contributed by atoms with Crippen LogP contribution in [0.15, 0.2) is 24.3 Å². The van der Waals surface area contributed by atoms with Crippen LogP contribution in [0.3, 0.4) is 0 Å². The molecule has 4 rings (SSSR count). The van der Waals surface area contributed by atoms with Crippen LogP contribution in [-0.4, -0.2) is 39.3 Å². The largest absolute Gasteiger partial charge is 0.356 e. The lowest BCUT2D eigenvalue weighted by atomic mass is 9.93. The number of hydrogen-bond acceptors (Lipinski definition) is 2. The fourth-order valence-electron chi connectivity index (χ4n) is 3.85. The summed E-state index contributed by atoms with van der Waals surface area (Å²) in [5, 5.41) is 1.16. The van der Waals surface area contributed by atoms with Crippen LogP contribution < -0.4 is 0 Å². The van der Waals surface area contributed by atoms with Crippen molar-refractivity contribution in [1.29, 1.82) is 0 Å². The molecule has 0 aliphatic carbocycles. The molecule has 114 valence electrons. The quantitative estimate of drug-likeness (QED) is 0.867. The highest BCUT2D eigenvalue weighted by molar-refractivity contribution is 6.05. The van der Waals surface area contributed by atoms with E-state index in [1.165, 1.54) is 10.5 Å². The Kier molecular flexibility index (Phi) is 2.79. The molecule has 2 aliphatic heterocycles. The lowest BCUT2D eigenvalue weighted by molar-refractivity contribution is -0.128. The smallest absolute Gasteiger partial charge is 0.328 e. The minimum absolute atomic E-state index is 0.0466. The molecular weight excluding hydrogens is 278 g/mol. The summed E-state index contributed by atoms with van der Waals surface area (Å²) in [5.41, 5.74) is 3.33. The number of aromatic amines is 1. The molecule has 0 radical (unpaired) electrons. The lowest BCUT2D eigenvalue weighted by Gasteiger charge is -2.33. The van der Waals surface area contributed by atoms with E-state index in [0.29, 0.717) is 13.0 Å². The number of rotatable bonds is 2. The predicted molar refractivity (Wildman–Crippen MR) is 83.4 cm³/mol. The van der Waals surface area contributed by atoms with Crippen molar-refractivity contribution in [2.45, 2.75) is 38.8 Å². The van der Waals surface area contributed by atoms with Gasteiger partial charge in [0.25, 0.3) is 5.91 Å². The second-order valence-electron chi connectivity index (χ2n) is 6.14. The maximum absolute atomic E-state index is 12.6. The van der Waals surface area contributed by atoms with E-state index in [0.717, 1.165) is 23.0 Å². The molecule has 0 spiro atoms. The van der Waals surface area contributed by atoms with Crippen molar-refractivity contribution in [1.82, 2.24) is 14.8 Å². The van der Waals surface area contributed by atoms with E-state index < -0.39 is 0 Å². The number of nitrogens with one attached hydrogen (secondary N) is 1. The minimum atomic E-state index is -0.347. The maximum Gasteiger partial charge on any atom is 0.328 e. The van der Waals surface area contributed by atoms with Crippen LogP contribution in [0.5, 0.6) is 0 Å². The molecular formula is C17H19N3O2. The molecule has 22 heavy (non-hydrogen) atoms. The fourth-order valence-corrected chi connectivity index (χ4v) is 3.85. The Labute approximate surface area is 128 Å². The van der Waals surface area contributed by atoms with Crippen molar-refractivity contribution < 1.29 is 9.59 Å². The van der Waals surface area contributed by atoms with Crippen molar-refractivity contribution in [3.8, 4) is 0 Å². The molecule has 1 aromatic heterocycles. The summed E-state index contributed by atoms with van der Waals surface area (Å²) in [5.74, 6) is -0.0466. The first-order valence-electron chi connectivity index (χ1n) is 7.86. The maximum atomic E-state index is 12.6. The normalized spacial score (nSPS) is 24.1. The van der Waals surface area contributed by atoms with E-state index >= 15 is 0 Å². The van der Waals surface area contributed by atoms with E-state index in [-0.39, 0.29) is 24.0 Å². The number of aromatic nitrogens is 1. The topological polar surface area (TPSA) is 56.4 Å². The van der Waals surface area contributed by atoms with Crippen LogP contribution in [-0.2, 0) is 11.2 Å². The summed E-state index contributed by atoms with van der Waals surface area (Å²) < 4.78 is 0. The fraction of sp³-hybridized carbons (Fsp3) is 0.412. The standard InChI is InChI=1S/C17H19N3O2/c1-3-8-19-16(21)14-9-12-11-6-4-5-7-13(11)18-15(12)10(2)20(14)17(19)22/h4-7,10,14,18H,3,8-9H2,1-2H3. The molecule has 2 unspecified atom stereocenters. The summed E-state index contributed by atoms with van der Waals surface area (Å²) in [6.45, 7) is 4.49. The van der Waals surface area contributed by atoms with E-state index in [1.807, 2.05) is 32.0 Å². The average molecular weight is 297 g/mol. The molecule has 2 aromatic rings. The van der Waals surface area contributed by atoms with Crippen molar-refractivity contribution in [2.24, 2.45) is 0 Å². The number of imide groups is 1. The van der Waals surface area contributed by atoms with Gasteiger partial charge in [0.05, 0.1) is 6.04 Å². The highest BCUT2D eigenvalue weighted by atomic mass is 16.2. The Balaban J connectivity index is 1.82. The Hall–Kier alpha value is -2.30. The first kappa shape index (κ1) is 13.4. The molecule has 1 fully saturated rings. The zero-order chi connectivity index (χ0) is 15.4. The first-order valence-corrected chi connectivity index (χ1v) is 7.86. The molecule has 3 heterocycles. The Bertz CT molecular complexity index is 779. The summed E-state index contributed by atoms with van der Waals surface area (Å²) in [7, 11) is 0. The van der Waals surface area contributed by atoms with Gasteiger partial charge in [0.15, 0.2) is 0 Å². The van der Waals surface area contributed by atoms with Crippen molar-refractivity contribution in [2.75, 3.05) is 6.54 Å². The molecule has 2 atom stereocenters.